The van der Waals surface area contributed by atoms with Crippen molar-refractivity contribution in [2.45, 2.75) is 58.7 Å². The first kappa shape index (κ1) is 24.8. The number of hydrogen-bond acceptors (Lipinski definition) is 5. The highest BCUT2D eigenvalue weighted by Gasteiger charge is 2.34. The lowest BCUT2D eigenvalue weighted by Gasteiger charge is -2.34. The summed E-state index contributed by atoms with van der Waals surface area (Å²) in [4.78, 5) is 25.8. The van der Waals surface area contributed by atoms with Crippen LogP contribution in [-0.2, 0) is 15.7 Å². The minimum absolute atomic E-state index is 0.0612. The minimum Gasteiger partial charge on any atom is -0.462 e. The minimum atomic E-state index is -4.55. The van der Waals surface area contributed by atoms with Crippen molar-refractivity contribution < 1.29 is 32.2 Å². The lowest BCUT2D eigenvalue weighted by atomic mass is 9.95. The number of carbonyl (C=O) groups excluding carboxylic acids is 2. The molecule has 1 saturated heterocycles. The number of carbonyl (C=O) groups is 2. The molecule has 1 atom stereocenters. The van der Waals surface area contributed by atoms with Gasteiger partial charge in [0, 0.05) is 25.3 Å². The number of rotatable bonds is 6. The van der Waals surface area contributed by atoms with Crippen LogP contribution in [0.5, 0.6) is 0 Å². The third kappa shape index (κ3) is 7.63. The molecule has 0 bridgehead atoms. The van der Waals surface area contributed by atoms with E-state index in [0.29, 0.717) is 19.5 Å². The molecule has 31 heavy (non-hydrogen) atoms. The maximum absolute atomic E-state index is 13.4. The summed E-state index contributed by atoms with van der Waals surface area (Å²) in [6.45, 7) is 8.58. The molecule has 9 heteroatoms. The molecule has 2 rings (SSSR count). The second kappa shape index (κ2) is 10.2. The molecule has 1 fully saturated rings. The predicted molar refractivity (Wildman–Crippen MR) is 111 cm³/mol. The standard InChI is InChI=1S/C22H31F3N2O4/c1-5-30-19(28)16-8-9-17(22(23,24)25)18(13-16)26-11-10-15-7-6-12-27(14-15)20(29)31-21(2,3)4/h8-9,13,15,26H,5-7,10-12,14H2,1-4H3. The normalized spacial score (nSPS) is 17.3. The number of benzene rings is 1. The summed E-state index contributed by atoms with van der Waals surface area (Å²) >= 11 is 0. The van der Waals surface area contributed by atoms with Crippen molar-refractivity contribution in [2.75, 3.05) is 31.6 Å². The van der Waals surface area contributed by atoms with Gasteiger partial charge in [-0.3, -0.25) is 0 Å². The van der Waals surface area contributed by atoms with Gasteiger partial charge in [-0.25, -0.2) is 9.59 Å². The number of ether oxygens (including phenoxy) is 2. The Morgan fingerprint density at radius 1 is 1.23 bits per heavy atom. The molecule has 1 amide bonds. The SMILES string of the molecule is CCOC(=O)c1ccc(C(F)(F)F)c(NCCC2CCCN(C(=O)OC(C)(C)C)C2)c1. The Morgan fingerprint density at radius 3 is 2.55 bits per heavy atom. The number of likely N-dealkylation sites (tertiary alicyclic amines) is 1. The molecule has 1 aliphatic heterocycles. The van der Waals surface area contributed by atoms with E-state index >= 15 is 0 Å². The Bertz CT molecular complexity index is 775. The molecule has 1 aliphatic rings. The maximum atomic E-state index is 13.4. The van der Waals surface area contributed by atoms with Crippen LogP contribution in [0.2, 0.25) is 0 Å². The summed E-state index contributed by atoms with van der Waals surface area (Å²) in [5.74, 6) is -0.518. The van der Waals surface area contributed by atoms with E-state index in [9.17, 15) is 22.8 Å². The van der Waals surface area contributed by atoms with Crippen LogP contribution in [0.3, 0.4) is 0 Å². The molecule has 1 aromatic carbocycles. The number of nitrogens with zero attached hydrogens (tertiary/aromatic N) is 1. The predicted octanol–water partition coefficient (Wildman–Crippen LogP) is 5.33. The summed E-state index contributed by atoms with van der Waals surface area (Å²) in [5, 5.41) is 2.82. The van der Waals surface area contributed by atoms with Gasteiger partial charge in [0.05, 0.1) is 17.7 Å². The largest absolute Gasteiger partial charge is 0.462 e. The second-order valence-electron chi connectivity index (χ2n) is 8.63. The summed E-state index contributed by atoms with van der Waals surface area (Å²) in [6, 6.07) is 3.18. The molecule has 174 valence electrons. The maximum Gasteiger partial charge on any atom is 0.418 e. The van der Waals surface area contributed by atoms with Crippen LogP contribution in [0.15, 0.2) is 18.2 Å². The second-order valence-corrected chi connectivity index (χ2v) is 8.63. The summed E-state index contributed by atoms with van der Waals surface area (Å²) in [7, 11) is 0. The van der Waals surface area contributed by atoms with Crippen LogP contribution in [-0.4, -0.2) is 48.8 Å². The smallest absolute Gasteiger partial charge is 0.418 e. The Hall–Kier alpha value is -2.45. The van der Waals surface area contributed by atoms with Crippen molar-refractivity contribution in [3.8, 4) is 0 Å². The number of piperidine rings is 1. The number of hydrogen-bond donors (Lipinski definition) is 1. The third-order valence-electron chi connectivity index (χ3n) is 4.87. The number of anilines is 1. The van der Waals surface area contributed by atoms with E-state index < -0.39 is 23.3 Å². The fraction of sp³-hybridized carbons (Fsp3) is 0.636. The van der Waals surface area contributed by atoms with E-state index in [2.05, 4.69) is 5.32 Å². The molecule has 0 aromatic heterocycles. The molecule has 0 saturated carbocycles. The van der Waals surface area contributed by atoms with Gasteiger partial charge < -0.3 is 19.7 Å². The molecule has 0 aliphatic carbocycles. The van der Waals surface area contributed by atoms with Gasteiger partial charge in [0.1, 0.15) is 5.60 Å². The van der Waals surface area contributed by atoms with Crippen LogP contribution in [0.4, 0.5) is 23.7 Å². The van der Waals surface area contributed by atoms with Gasteiger partial charge in [0.2, 0.25) is 0 Å². The lowest BCUT2D eigenvalue weighted by Crippen LogP contribution is -2.43. The van der Waals surface area contributed by atoms with Crippen LogP contribution in [0, 0.1) is 5.92 Å². The molecule has 6 nitrogen and oxygen atoms in total. The fourth-order valence-corrected chi connectivity index (χ4v) is 3.48. The molecule has 1 aromatic rings. The molecular weight excluding hydrogens is 413 g/mol. The van der Waals surface area contributed by atoms with Crippen molar-refractivity contribution in [3.05, 3.63) is 29.3 Å². The summed E-state index contributed by atoms with van der Waals surface area (Å²) in [6.07, 6.45) is -2.63. The van der Waals surface area contributed by atoms with Crippen LogP contribution in [0.25, 0.3) is 0 Å². The van der Waals surface area contributed by atoms with Crippen LogP contribution in [0.1, 0.15) is 62.9 Å². The zero-order valence-corrected chi connectivity index (χ0v) is 18.5. The first-order chi connectivity index (χ1) is 14.4. The molecule has 0 radical (unpaired) electrons. The van der Waals surface area contributed by atoms with Crippen LogP contribution >= 0.6 is 0 Å². The first-order valence-corrected chi connectivity index (χ1v) is 10.5. The average Bonchev–Trinajstić information content (AvgIpc) is 2.66. The van der Waals surface area contributed by atoms with Crippen molar-refractivity contribution >= 4 is 17.7 Å². The van der Waals surface area contributed by atoms with Gasteiger partial charge in [0.15, 0.2) is 0 Å². The van der Waals surface area contributed by atoms with E-state index in [1.807, 2.05) is 0 Å². The zero-order valence-electron chi connectivity index (χ0n) is 18.5. The van der Waals surface area contributed by atoms with Crippen molar-refractivity contribution in [1.82, 2.24) is 4.90 Å². The fourth-order valence-electron chi connectivity index (χ4n) is 3.48. The lowest BCUT2D eigenvalue weighted by molar-refractivity contribution is -0.137. The van der Waals surface area contributed by atoms with Crippen molar-refractivity contribution in [3.63, 3.8) is 0 Å². The van der Waals surface area contributed by atoms with Gasteiger partial charge in [-0.1, -0.05) is 0 Å². The highest BCUT2D eigenvalue weighted by atomic mass is 19.4. The van der Waals surface area contributed by atoms with E-state index in [4.69, 9.17) is 9.47 Å². The van der Waals surface area contributed by atoms with Gasteiger partial charge in [0.25, 0.3) is 0 Å². The van der Waals surface area contributed by atoms with E-state index in [-0.39, 0.29) is 36.4 Å². The molecular formula is C22H31F3N2O4. The highest BCUT2D eigenvalue weighted by Crippen LogP contribution is 2.35. The summed E-state index contributed by atoms with van der Waals surface area (Å²) < 4.78 is 50.4. The highest BCUT2D eigenvalue weighted by molar-refractivity contribution is 5.91. The zero-order chi connectivity index (χ0) is 23.2. The van der Waals surface area contributed by atoms with E-state index in [0.717, 1.165) is 25.0 Å². The van der Waals surface area contributed by atoms with Crippen LogP contribution < -0.4 is 5.32 Å². The molecule has 1 unspecified atom stereocenters. The van der Waals surface area contributed by atoms with Gasteiger partial charge in [-0.2, -0.15) is 13.2 Å². The third-order valence-corrected chi connectivity index (χ3v) is 4.87. The average molecular weight is 444 g/mol. The Balaban J connectivity index is 2.01. The monoisotopic (exact) mass is 444 g/mol. The van der Waals surface area contributed by atoms with E-state index in [1.54, 1.807) is 32.6 Å². The Morgan fingerprint density at radius 2 is 1.94 bits per heavy atom. The number of alkyl halides is 3. The van der Waals surface area contributed by atoms with E-state index in [1.165, 1.54) is 6.07 Å². The number of amides is 1. The quantitative estimate of drug-likeness (QED) is 0.601. The number of esters is 1. The topological polar surface area (TPSA) is 67.9 Å². The first-order valence-electron chi connectivity index (χ1n) is 10.5. The molecule has 1 N–H and O–H groups in total. The van der Waals surface area contributed by atoms with Gasteiger partial charge >= 0.3 is 18.2 Å². The Labute approximate surface area is 181 Å². The molecule has 1 heterocycles. The van der Waals surface area contributed by atoms with Gasteiger partial charge in [-0.05, 0) is 71.1 Å². The molecule has 0 spiro atoms. The van der Waals surface area contributed by atoms with Gasteiger partial charge in [-0.15, -0.1) is 0 Å². The van der Waals surface area contributed by atoms with Crippen molar-refractivity contribution in [2.24, 2.45) is 5.92 Å². The Kier molecular flexibility index (Phi) is 8.20. The number of halogens is 3. The number of nitrogens with one attached hydrogen (secondary N) is 1. The van der Waals surface area contributed by atoms with Crippen molar-refractivity contribution in [1.29, 1.82) is 0 Å². The summed E-state index contributed by atoms with van der Waals surface area (Å²) in [5.41, 5.74) is -1.51.